The number of nitro benzene ring substituents is 1. The van der Waals surface area contributed by atoms with E-state index in [1.165, 1.54) is 29.0 Å². The van der Waals surface area contributed by atoms with Crippen LogP contribution in [0, 0.1) is 21.3 Å². The number of hydrogen-bond acceptors (Lipinski definition) is 12. The van der Waals surface area contributed by atoms with Gasteiger partial charge in [-0.1, -0.05) is 43.2 Å². The Morgan fingerprint density at radius 2 is 1.92 bits per heavy atom. The van der Waals surface area contributed by atoms with Crippen molar-refractivity contribution >= 4 is 61.2 Å². The fraction of sp³-hybridized carbons (Fsp3) is 0.378. The number of rotatable bonds is 13. The summed E-state index contributed by atoms with van der Waals surface area (Å²) >= 11 is 6.25. The van der Waals surface area contributed by atoms with Gasteiger partial charge in [-0.05, 0) is 85.2 Å². The number of nitrogens with one attached hydrogen (secondary N) is 3. The molecule has 0 spiro atoms. The van der Waals surface area contributed by atoms with Crippen molar-refractivity contribution in [2.45, 2.75) is 57.1 Å². The summed E-state index contributed by atoms with van der Waals surface area (Å²) in [6.45, 7) is 10.7. The van der Waals surface area contributed by atoms with E-state index in [1.54, 1.807) is 24.4 Å². The highest BCUT2D eigenvalue weighted by molar-refractivity contribution is 7.90. The molecule has 332 valence electrons. The maximum atomic E-state index is 15.5. The van der Waals surface area contributed by atoms with Crippen LogP contribution in [0.15, 0.2) is 89.6 Å². The molecule has 2 fully saturated rings. The number of piperazine rings is 1. The number of H-pyrrole nitrogens is 1. The van der Waals surface area contributed by atoms with Gasteiger partial charge in [-0.3, -0.25) is 19.8 Å². The minimum atomic E-state index is -4.85. The zero-order chi connectivity index (χ0) is 44.5. The first-order chi connectivity index (χ1) is 30.1. The number of allylic oxidation sites excluding steroid dienone is 1. The Morgan fingerprint density at radius 1 is 1.11 bits per heavy atom. The lowest BCUT2D eigenvalue weighted by Gasteiger charge is -2.43. The van der Waals surface area contributed by atoms with Gasteiger partial charge in [-0.25, -0.2) is 22.5 Å². The first-order valence-corrected chi connectivity index (χ1v) is 22.7. The fourth-order valence-corrected chi connectivity index (χ4v) is 9.53. The average Bonchev–Trinajstić information content (AvgIpc) is 3.73. The molecule has 63 heavy (non-hydrogen) atoms. The zero-order valence-corrected chi connectivity index (χ0v) is 36.7. The van der Waals surface area contributed by atoms with Crippen molar-refractivity contribution in [1.82, 2.24) is 19.6 Å². The first-order valence-electron chi connectivity index (χ1n) is 20.8. The number of carbonyl (C=O) groups is 1. The Hall–Kier alpha value is -5.59. The SMILES string of the molecule is C[C@@H]1CN(c2ccc(C(=O)NS(=O)(=O)c3cc(F)c(NCC4COCCO4)c([N+](=O)[O-])c3)c(Oc3cnc4[nH]ccc4c3)c2)CCN1CC1=C(c2ccc(Cl)cc2)CC(C)(C)CC1. The molecule has 1 amide bonds. The lowest BCUT2D eigenvalue weighted by atomic mass is 9.72. The minimum absolute atomic E-state index is 0.0244. The molecule has 8 rings (SSSR count). The van der Waals surface area contributed by atoms with Gasteiger partial charge in [0.2, 0.25) is 0 Å². The first kappa shape index (κ1) is 44.0. The molecule has 3 aromatic carbocycles. The van der Waals surface area contributed by atoms with Crippen LogP contribution in [-0.4, -0.2) is 98.8 Å². The molecule has 1 unspecified atom stereocenters. The molecule has 15 nitrogen and oxygen atoms in total. The monoisotopic (exact) mass is 901 g/mol. The minimum Gasteiger partial charge on any atom is -0.455 e. The van der Waals surface area contributed by atoms with Gasteiger partial charge in [0, 0.05) is 73.2 Å². The largest absolute Gasteiger partial charge is 0.455 e. The lowest BCUT2D eigenvalue weighted by molar-refractivity contribution is -0.384. The summed E-state index contributed by atoms with van der Waals surface area (Å²) in [5, 5.41) is 16.1. The third kappa shape index (κ3) is 10.1. The summed E-state index contributed by atoms with van der Waals surface area (Å²) in [6.07, 6.45) is 5.83. The highest BCUT2D eigenvalue weighted by Crippen LogP contribution is 2.44. The number of nitro groups is 1. The number of fused-ring (bicyclic) bond motifs is 1. The van der Waals surface area contributed by atoms with Crippen molar-refractivity contribution in [1.29, 1.82) is 0 Å². The molecule has 2 atom stereocenters. The Morgan fingerprint density at radius 3 is 2.67 bits per heavy atom. The van der Waals surface area contributed by atoms with Gasteiger partial charge in [0.15, 0.2) is 5.82 Å². The number of benzene rings is 3. The Labute approximate surface area is 369 Å². The second-order valence-electron chi connectivity index (χ2n) is 17.0. The summed E-state index contributed by atoms with van der Waals surface area (Å²) in [6, 6.07) is 18.0. The van der Waals surface area contributed by atoms with Gasteiger partial charge < -0.3 is 29.4 Å². The third-order valence-electron chi connectivity index (χ3n) is 11.9. The zero-order valence-electron chi connectivity index (χ0n) is 35.2. The van der Waals surface area contributed by atoms with Crippen LogP contribution >= 0.6 is 11.6 Å². The molecule has 4 heterocycles. The van der Waals surface area contributed by atoms with E-state index in [4.69, 9.17) is 25.8 Å². The second kappa shape index (κ2) is 18.3. The fourth-order valence-electron chi connectivity index (χ4n) is 8.40. The molecule has 2 aliphatic heterocycles. The second-order valence-corrected chi connectivity index (χ2v) is 19.1. The van der Waals surface area contributed by atoms with Crippen LogP contribution in [0.5, 0.6) is 11.5 Å². The number of amides is 1. The highest BCUT2D eigenvalue weighted by atomic mass is 35.5. The van der Waals surface area contributed by atoms with Crippen molar-refractivity contribution in [2.24, 2.45) is 5.41 Å². The normalized spacial score (nSPS) is 19.5. The molecule has 2 saturated heterocycles. The van der Waals surface area contributed by atoms with Crippen LogP contribution in [0.1, 0.15) is 56.0 Å². The number of ether oxygens (including phenoxy) is 3. The van der Waals surface area contributed by atoms with Gasteiger partial charge in [0.05, 0.1) is 47.5 Å². The Kier molecular flexibility index (Phi) is 12.8. The van der Waals surface area contributed by atoms with Crippen molar-refractivity contribution in [3.8, 4) is 11.5 Å². The van der Waals surface area contributed by atoms with Crippen LogP contribution in [0.25, 0.3) is 16.6 Å². The maximum Gasteiger partial charge on any atom is 0.296 e. The maximum absolute atomic E-state index is 15.5. The molecule has 0 radical (unpaired) electrons. The lowest BCUT2D eigenvalue weighted by Crippen LogP contribution is -2.52. The van der Waals surface area contributed by atoms with E-state index < -0.39 is 49.0 Å². The number of sulfonamides is 1. The molecule has 5 aromatic rings. The number of aromatic amines is 1. The standard InChI is InChI=1S/C45H49ClFN7O8S/c1-28-25-53(15-14-52(28)26-31-10-12-45(2,3)22-38(31)29-4-6-32(46)7-5-29)33-8-9-37(41(19-33)62-34-18-30-11-13-48-43(30)50-23-34)44(55)51-63(58,59)36-20-39(47)42(40(21-36)54(56)57)49-24-35-27-60-16-17-61-35/h4-9,11,13,18-21,23,28,35,49H,10,12,14-17,22,24-27H2,1-3H3,(H,48,50)(H,51,55)/t28-,35?/m1/s1. The van der Waals surface area contributed by atoms with E-state index in [-0.39, 0.29) is 35.9 Å². The number of halogens is 2. The quantitative estimate of drug-likeness (QED) is 0.0763. The summed E-state index contributed by atoms with van der Waals surface area (Å²) in [7, 11) is -4.85. The van der Waals surface area contributed by atoms with Crippen molar-refractivity contribution in [2.75, 3.05) is 62.8 Å². The number of hydrogen-bond donors (Lipinski definition) is 3. The van der Waals surface area contributed by atoms with E-state index in [9.17, 15) is 23.3 Å². The predicted octanol–water partition coefficient (Wildman–Crippen LogP) is 8.18. The Bertz CT molecular complexity index is 2670. The van der Waals surface area contributed by atoms with Crippen molar-refractivity contribution < 1.29 is 36.7 Å². The number of nitrogens with zero attached hydrogens (tertiary/aromatic N) is 4. The topological polar surface area (TPSA) is 181 Å². The summed E-state index contributed by atoms with van der Waals surface area (Å²) in [5.74, 6) is -1.96. The highest BCUT2D eigenvalue weighted by Gasteiger charge is 2.33. The number of pyridine rings is 1. The summed E-state index contributed by atoms with van der Waals surface area (Å²) in [5.41, 5.74) is 4.10. The molecule has 1 aliphatic carbocycles. The van der Waals surface area contributed by atoms with Crippen LogP contribution < -0.4 is 19.7 Å². The number of aromatic nitrogens is 2. The predicted molar refractivity (Wildman–Crippen MR) is 239 cm³/mol. The van der Waals surface area contributed by atoms with Crippen LogP contribution in [0.2, 0.25) is 5.02 Å². The molecular formula is C45H49ClFN7O8S. The molecule has 3 aliphatic rings. The number of anilines is 2. The molecule has 3 N–H and O–H groups in total. The molecule has 0 bridgehead atoms. The smallest absolute Gasteiger partial charge is 0.296 e. The molecule has 18 heteroatoms. The summed E-state index contributed by atoms with van der Waals surface area (Å²) < 4.78 is 61.9. The summed E-state index contributed by atoms with van der Waals surface area (Å²) in [4.78, 5) is 36.4. The van der Waals surface area contributed by atoms with E-state index in [2.05, 4.69) is 58.0 Å². The van der Waals surface area contributed by atoms with Gasteiger partial charge in [0.25, 0.3) is 21.6 Å². The molecule has 0 saturated carbocycles. The van der Waals surface area contributed by atoms with E-state index in [0.717, 1.165) is 43.4 Å². The molecule has 2 aromatic heterocycles. The van der Waals surface area contributed by atoms with Gasteiger partial charge in [0.1, 0.15) is 22.8 Å². The van der Waals surface area contributed by atoms with E-state index in [0.29, 0.717) is 54.9 Å². The van der Waals surface area contributed by atoms with E-state index in [1.807, 2.05) is 22.9 Å². The van der Waals surface area contributed by atoms with Gasteiger partial charge >= 0.3 is 0 Å². The van der Waals surface area contributed by atoms with Gasteiger partial charge in [-0.2, -0.15) is 0 Å². The Balaban J connectivity index is 1.03. The average molecular weight is 902 g/mol. The van der Waals surface area contributed by atoms with Crippen molar-refractivity contribution in [3.05, 3.63) is 117 Å². The van der Waals surface area contributed by atoms with E-state index >= 15 is 4.39 Å². The van der Waals surface area contributed by atoms with Crippen molar-refractivity contribution in [3.63, 3.8) is 0 Å². The van der Waals surface area contributed by atoms with Crippen LogP contribution in [-0.2, 0) is 19.5 Å². The third-order valence-corrected chi connectivity index (χ3v) is 13.4. The van der Waals surface area contributed by atoms with Gasteiger partial charge in [-0.15, -0.1) is 0 Å². The number of carbonyl (C=O) groups excluding carboxylic acids is 1. The van der Waals surface area contributed by atoms with Crippen LogP contribution in [0.3, 0.4) is 0 Å². The van der Waals surface area contributed by atoms with Crippen LogP contribution in [0.4, 0.5) is 21.5 Å². The molecular weight excluding hydrogens is 853 g/mol.